The molecule has 0 aromatic rings. The van der Waals surface area contributed by atoms with E-state index in [1.54, 1.807) is 0 Å². The second kappa shape index (κ2) is 5.26. The van der Waals surface area contributed by atoms with Gasteiger partial charge in [0.1, 0.15) is 5.78 Å². The Balaban J connectivity index is 0. The van der Waals surface area contributed by atoms with Gasteiger partial charge in [0.2, 0.25) is 0 Å². The summed E-state index contributed by atoms with van der Waals surface area (Å²) in [6.07, 6.45) is -0.112. The Morgan fingerprint density at radius 1 is 1.50 bits per heavy atom. The molecule has 0 fully saturated rings. The largest absolute Gasteiger partial charge is 0.300 e. The fraction of sp³-hybridized carbons (Fsp3) is 0.750. The fourth-order valence-electron chi connectivity index (χ4n) is 0.273. The van der Waals surface area contributed by atoms with Crippen molar-refractivity contribution in [1.29, 1.82) is 0 Å². The number of ketones is 1. The zero-order chi connectivity index (χ0) is 7.49. The van der Waals surface area contributed by atoms with Crippen LogP contribution in [0.2, 0.25) is 0 Å². The summed E-state index contributed by atoms with van der Waals surface area (Å²) in [6, 6.07) is 0. The van der Waals surface area contributed by atoms with E-state index < -0.39 is 15.9 Å². The van der Waals surface area contributed by atoms with E-state index in [4.69, 9.17) is 4.55 Å². The Morgan fingerprint density at radius 3 is 2.00 bits per heavy atom. The van der Waals surface area contributed by atoms with Crippen LogP contribution in [0.3, 0.4) is 0 Å². The van der Waals surface area contributed by atoms with Crippen LogP contribution in [0.25, 0.3) is 0 Å². The second-order valence-electron chi connectivity index (χ2n) is 1.74. The maximum absolute atomic E-state index is 10.1. The second-order valence-corrected chi connectivity index (χ2v) is 3.31. The van der Waals surface area contributed by atoms with E-state index in [2.05, 4.69) is 0 Å². The molecule has 0 aromatic heterocycles. The predicted molar refractivity (Wildman–Crippen MR) is 37.5 cm³/mol. The number of carbonyl (C=O) groups excluding carboxylic acids is 1. The zero-order valence-electron chi connectivity index (χ0n) is 5.99. The molecule has 6 heteroatoms. The van der Waals surface area contributed by atoms with Gasteiger partial charge in [-0.3, -0.25) is 9.35 Å². The molecule has 0 aliphatic carbocycles. The summed E-state index contributed by atoms with van der Waals surface area (Å²) in [6.45, 7) is 1.27. The molecule has 0 spiro atoms. The molecule has 0 aromatic carbocycles. The first-order chi connectivity index (χ1) is 3.92. The monoisotopic (exact) mass is 175 g/mol. The van der Waals surface area contributed by atoms with Crippen LogP contribution in [0.1, 0.15) is 13.3 Å². The summed E-state index contributed by atoms with van der Waals surface area (Å²) in [5.74, 6) is -0.713. The van der Waals surface area contributed by atoms with Gasteiger partial charge in [0.15, 0.2) is 0 Å². The molecule has 0 aliphatic heterocycles. The third kappa shape index (κ3) is 11.4. The molecule has 10 heavy (non-hydrogen) atoms. The van der Waals surface area contributed by atoms with Crippen molar-refractivity contribution in [2.24, 2.45) is 0 Å². The fourth-order valence-corrected chi connectivity index (χ4v) is 0.818. The molecule has 0 saturated carbocycles. The Labute approximate surface area is 82.0 Å². The molecule has 0 saturated heterocycles. The van der Waals surface area contributed by atoms with Gasteiger partial charge in [-0.05, 0) is 6.92 Å². The molecule has 0 atom stereocenters. The number of Topliss-reactive ketones (excluding diaryl/α,β-unsaturated/α-hetero) is 1. The molecule has 0 bridgehead atoms. The van der Waals surface area contributed by atoms with Gasteiger partial charge in [0.25, 0.3) is 10.1 Å². The molecule has 0 rings (SSSR count). The Kier molecular flexibility index (Phi) is 6.94. The number of hydrogen-bond donors (Lipinski definition) is 1. The van der Waals surface area contributed by atoms with E-state index >= 15 is 0 Å². The van der Waals surface area contributed by atoms with Gasteiger partial charge in [0.05, 0.1) is 5.75 Å². The maximum atomic E-state index is 10.1. The van der Waals surface area contributed by atoms with Crippen molar-refractivity contribution in [3.8, 4) is 0 Å². The normalized spacial score (nSPS) is 10.2. The van der Waals surface area contributed by atoms with E-state index in [-0.39, 0.29) is 41.8 Å². The third-order valence-corrected chi connectivity index (χ3v) is 1.43. The summed E-state index contributed by atoms with van der Waals surface area (Å²) >= 11 is 0. The van der Waals surface area contributed by atoms with Crippen LogP contribution in [0.5, 0.6) is 0 Å². The van der Waals surface area contributed by atoms with Crippen molar-refractivity contribution >= 4 is 45.5 Å². The van der Waals surface area contributed by atoms with Crippen molar-refractivity contribution < 1.29 is 17.8 Å². The molecule has 0 heterocycles. The van der Waals surface area contributed by atoms with Crippen molar-refractivity contribution in [3.63, 3.8) is 0 Å². The van der Waals surface area contributed by atoms with Crippen molar-refractivity contribution in [2.75, 3.05) is 5.75 Å². The van der Waals surface area contributed by atoms with Gasteiger partial charge in [-0.1, -0.05) is 0 Å². The summed E-state index contributed by atoms with van der Waals surface area (Å²) in [4.78, 5) is 10.1. The minimum absolute atomic E-state index is 0. The molecule has 55 valence electrons. The first kappa shape index (κ1) is 13.2. The van der Waals surface area contributed by atoms with E-state index in [1.807, 2.05) is 0 Å². The van der Waals surface area contributed by atoms with Crippen LogP contribution in [0.4, 0.5) is 0 Å². The smallest absolute Gasteiger partial charge is 0.265 e. The Bertz CT molecular complexity index is 195. The van der Waals surface area contributed by atoms with Crippen molar-refractivity contribution in [2.45, 2.75) is 13.3 Å². The minimum Gasteiger partial charge on any atom is -0.300 e. The molecular weight excluding hydrogens is 167 g/mol. The Hall–Kier alpha value is 0.580. The van der Waals surface area contributed by atoms with Gasteiger partial charge in [-0.15, -0.1) is 0 Å². The summed E-state index contributed by atoms with van der Waals surface area (Å²) in [5, 5.41) is 0. The first-order valence-corrected chi connectivity index (χ1v) is 3.97. The number of carbonyl (C=O) groups is 1. The van der Waals surface area contributed by atoms with Crippen LogP contribution in [-0.4, -0.2) is 54.1 Å². The molecule has 0 aliphatic rings. The molecule has 1 radical (unpaired) electrons. The quantitative estimate of drug-likeness (QED) is 0.462. The molecule has 0 unspecified atom stereocenters. The maximum Gasteiger partial charge on any atom is 0.265 e. The predicted octanol–water partition coefficient (Wildman–Crippen LogP) is -0.527. The van der Waals surface area contributed by atoms with Crippen LogP contribution in [0, 0.1) is 0 Å². The number of hydrogen-bond acceptors (Lipinski definition) is 3. The van der Waals surface area contributed by atoms with Gasteiger partial charge >= 0.3 is 0 Å². The standard InChI is InChI=1S/C4H8O4S.Na/c1-4(5)2-3-9(6,7)8;/h2-3H2,1H3,(H,6,7,8);. The minimum atomic E-state index is -3.94. The van der Waals surface area contributed by atoms with E-state index in [9.17, 15) is 13.2 Å². The van der Waals surface area contributed by atoms with Crippen LogP contribution < -0.4 is 0 Å². The zero-order valence-corrected chi connectivity index (χ0v) is 8.81. The van der Waals surface area contributed by atoms with E-state index in [1.165, 1.54) is 6.92 Å². The topological polar surface area (TPSA) is 71.4 Å². The van der Waals surface area contributed by atoms with E-state index in [0.29, 0.717) is 0 Å². The van der Waals surface area contributed by atoms with Crippen molar-refractivity contribution in [3.05, 3.63) is 0 Å². The van der Waals surface area contributed by atoms with Gasteiger partial charge < -0.3 is 0 Å². The SMILES string of the molecule is CC(=O)CCS(=O)(=O)O.[Na]. The van der Waals surface area contributed by atoms with Crippen LogP contribution in [-0.2, 0) is 14.9 Å². The van der Waals surface area contributed by atoms with Crippen molar-refractivity contribution in [1.82, 2.24) is 0 Å². The summed E-state index contributed by atoms with van der Waals surface area (Å²) < 4.78 is 28.0. The molecular formula is C4H8NaO4S. The summed E-state index contributed by atoms with van der Waals surface area (Å²) in [7, 11) is -3.94. The average molecular weight is 175 g/mol. The van der Waals surface area contributed by atoms with Crippen LogP contribution in [0.15, 0.2) is 0 Å². The molecule has 4 nitrogen and oxygen atoms in total. The number of rotatable bonds is 3. The van der Waals surface area contributed by atoms with Crippen LogP contribution >= 0.6 is 0 Å². The molecule has 0 amide bonds. The Morgan fingerprint density at radius 2 is 1.90 bits per heavy atom. The summed E-state index contributed by atoms with van der Waals surface area (Å²) in [5.41, 5.74) is 0. The van der Waals surface area contributed by atoms with E-state index in [0.717, 1.165) is 0 Å². The third-order valence-electron chi connectivity index (χ3n) is 0.712. The van der Waals surface area contributed by atoms with Gasteiger partial charge in [-0.2, -0.15) is 8.42 Å². The first-order valence-electron chi connectivity index (χ1n) is 2.36. The van der Waals surface area contributed by atoms with Gasteiger partial charge in [-0.25, -0.2) is 0 Å². The van der Waals surface area contributed by atoms with Gasteiger partial charge in [0, 0.05) is 36.0 Å². The molecule has 1 N–H and O–H groups in total. The average Bonchev–Trinajstić information content (AvgIpc) is 1.59.